The van der Waals surface area contributed by atoms with Crippen molar-refractivity contribution in [3.8, 4) is 5.75 Å². The van der Waals surface area contributed by atoms with Gasteiger partial charge in [0.2, 0.25) is 10.0 Å². The Hall–Kier alpha value is -3.08. The van der Waals surface area contributed by atoms with Crippen molar-refractivity contribution >= 4 is 27.8 Å². The number of alkyl halides is 3. The summed E-state index contributed by atoms with van der Waals surface area (Å²) in [7, 11) is -2.51. The number of nitrogens with one attached hydrogen (secondary N) is 1. The number of hydrazone groups is 1. The molecule has 0 spiro atoms. The Bertz CT molecular complexity index is 1010. The molecule has 0 aliphatic carbocycles. The molecule has 0 radical (unpaired) electrons. The van der Waals surface area contributed by atoms with Crippen LogP contribution in [0.15, 0.2) is 53.6 Å². The monoisotopic (exact) mass is 429 g/mol. The first-order valence-electron chi connectivity index (χ1n) is 8.13. The van der Waals surface area contributed by atoms with Gasteiger partial charge < -0.3 is 4.74 Å². The van der Waals surface area contributed by atoms with Crippen molar-refractivity contribution in [2.45, 2.75) is 6.18 Å². The summed E-state index contributed by atoms with van der Waals surface area (Å²) in [4.78, 5) is 12.2. The van der Waals surface area contributed by atoms with Gasteiger partial charge in [0.05, 0.1) is 30.8 Å². The van der Waals surface area contributed by atoms with Crippen LogP contribution in [0.2, 0.25) is 0 Å². The lowest BCUT2D eigenvalue weighted by Gasteiger charge is -2.23. The van der Waals surface area contributed by atoms with Gasteiger partial charge >= 0.3 is 6.18 Å². The van der Waals surface area contributed by atoms with Crippen LogP contribution in [0.1, 0.15) is 11.1 Å². The molecule has 0 aliphatic heterocycles. The first-order chi connectivity index (χ1) is 13.5. The SMILES string of the molecule is COc1ccccc1N(CC(=O)N/N=C\c1ccccc1C(F)(F)F)S(C)(=O)=O. The summed E-state index contributed by atoms with van der Waals surface area (Å²) in [6, 6.07) is 10.9. The molecule has 0 heterocycles. The lowest BCUT2D eigenvalue weighted by molar-refractivity contribution is -0.137. The van der Waals surface area contributed by atoms with Gasteiger partial charge in [0.25, 0.3) is 5.91 Å². The number of nitrogens with zero attached hydrogens (tertiary/aromatic N) is 2. The molecule has 0 fully saturated rings. The Morgan fingerprint density at radius 2 is 1.79 bits per heavy atom. The van der Waals surface area contributed by atoms with E-state index in [1.165, 1.54) is 37.4 Å². The molecule has 29 heavy (non-hydrogen) atoms. The van der Waals surface area contributed by atoms with Crippen LogP contribution in [0.3, 0.4) is 0 Å². The van der Waals surface area contributed by atoms with Crippen molar-refractivity contribution in [2.75, 3.05) is 24.2 Å². The smallest absolute Gasteiger partial charge is 0.417 e. The van der Waals surface area contributed by atoms with Crippen LogP contribution in [-0.2, 0) is 21.0 Å². The Balaban J connectivity index is 2.18. The summed E-state index contributed by atoms with van der Waals surface area (Å²) in [5, 5.41) is 3.51. The topological polar surface area (TPSA) is 88.1 Å². The molecule has 0 bridgehead atoms. The van der Waals surface area contributed by atoms with Gasteiger partial charge in [-0.2, -0.15) is 18.3 Å². The predicted molar refractivity (Wildman–Crippen MR) is 102 cm³/mol. The molecule has 0 aliphatic rings. The lowest BCUT2D eigenvalue weighted by atomic mass is 10.1. The number of methoxy groups -OCH3 is 1. The molecule has 11 heteroatoms. The first kappa shape index (κ1) is 22.2. The van der Waals surface area contributed by atoms with Crippen LogP contribution in [0.25, 0.3) is 0 Å². The van der Waals surface area contributed by atoms with Crippen LogP contribution in [0.4, 0.5) is 18.9 Å². The summed E-state index contributed by atoms with van der Waals surface area (Å²) >= 11 is 0. The number of ether oxygens (including phenoxy) is 1. The van der Waals surface area contributed by atoms with Crippen molar-refractivity contribution in [1.82, 2.24) is 5.43 Å². The van der Waals surface area contributed by atoms with Crippen molar-refractivity contribution in [3.63, 3.8) is 0 Å². The highest BCUT2D eigenvalue weighted by Crippen LogP contribution is 2.31. The highest BCUT2D eigenvalue weighted by molar-refractivity contribution is 7.92. The fraction of sp³-hybridized carbons (Fsp3) is 0.222. The van der Waals surface area contributed by atoms with Gasteiger partial charge in [-0.15, -0.1) is 0 Å². The zero-order valence-electron chi connectivity index (χ0n) is 15.5. The van der Waals surface area contributed by atoms with Crippen molar-refractivity contribution < 1.29 is 31.1 Å². The summed E-state index contributed by atoms with van der Waals surface area (Å²) in [5.74, 6) is -0.615. The van der Waals surface area contributed by atoms with E-state index in [0.29, 0.717) is 0 Å². The van der Waals surface area contributed by atoms with Gasteiger partial charge in [-0.05, 0) is 18.2 Å². The van der Waals surface area contributed by atoms with E-state index < -0.39 is 34.2 Å². The van der Waals surface area contributed by atoms with Crippen molar-refractivity contribution in [2.24, 2.45) is 5.10 Å². The van der Waals surface area contributed by atoms with Gasteiger partial charge in [0, 0.05) is 5.56 Å². The van der Waals surface area contributed by atoms with E-state index in [4.69, 9.17) is 4.74 Å². The Morgan fingerprint density at radius 3 is 2.41 bits per heavy atom. The maximum Gasteiger partial charge on any atom is 0.417 e. The number of hydrogen-bond acceptors (Lipinski definition) is 5. The number of carbonyl (C=O) groups excluding carboxylic acids is 1. The third kappa shape index (κ3) is 5.95. The van der Waals surface area contributed by atoms with Gasteiger partial charge in [-0.1, -0.05) is 30.3 Å². The number of para-hydroxylation sites is 2. The largest absolute Gasteiger partial charge is 0.495 e. The van der Waals surface area contributed by atoms with E-state index in [2.05, 4.69) is 5.10 Å². The maximum absolute atomic E-state index is 13.0. The van der Waals surface area contributed by atoms with E-state index in [0.717, 1.165) is 22.8 Å². The van der Waals surface area contributed by atoms with E-state index in [1.807, 2.05) is 5.43 Å². The molecule has 0 saturated carbocycles. The second-order valence-electron chi connectivity index (χ2n) is 5.82. The second-order valence-corrected chi connectivity index (χ2v) is 7.73. The highest BCUT2D eigenvalue weighted by Gasteiger charge is 2.32. The fourth-order valence-electron chi connectivity index (χ4n) is 2.42. The Kier molecular flexibility index (Phi) is 6.85. The zero-order chi connectivity index (χ0) is 21.7. The van der Waals surface area contributed by atoms with Gasteiger partial charge in [-0.25, -0.2) is 13.8 Å². The molecule has 7 nitrogen and oxygen atoms in total. The number of benzene rings is 2. The van der Waals surface area contributed by atoms with Crippen LogP contribution in [0.5, 0.6) is 5.75 Å². The summed E-state index contributed by atoms with van der Waals surface area (Å²) < 4.78 is 69.0. The minimum Gasteiger partial charge on any atom is -0.495 e. The van der Waals surface area contributed by atoms with E-state index in [1.54, 1.807) is 12.1 Å². The predicted octanol–water partition coefficient (Wildman–Crippen LogP) is 2.63. The molecule has 2 rings (SSSR count). The quantitative estimate of drug-likeness (QED) is 0.541. The molecule has 0 aromatic heterocycles. The minimum atomic E-state index is -4.58. The van der Waals surface area contributed by atoms with E-state index >= 15 is 0 Å². The second kappa shape index (κ2) is 8.95. The van der Waals surface area contributed by atoms with Crippen molar-refractivity contribution in [1.29, 1.82) is 0 Å². The van der Waals surface area contributed by atoms with Crippen LogP contribution in [0, 0.1) is 0 Å². The average Bonchev–Trinajstić information content (AvgIpc) is 2.65. The number of halogens is 3. The number of anilines is 1. The first-order valence-corrected chi connectivity index (χ1v) is 9.97. The molecule has 1 N–H and O–H groups in total. The molecular weight excluding hydrogens is 411 g/mol. The van der Waals surface area contributed by atoms with Gasteiger partial charge in [0.15, 0.2) is 0 Å². The Labute approximate surface area is 165 Å². The number of carbonyl (C=O) groups is 1. The summed E-state index contributed by atoms with van der Waals surface area (Å²) in [6.07, 6.45) is -2.83. The number of rotatable bonds is 7. The fourth-order valence-corrected chi connectivity index (χ4v) is 3.28. The van der Waals surface area contributed by atoms with E-state index in [9.17, 15) is 26.4 Å². The standard InChI is InChI=1S/C18H18F3N3O4S/c1-28-16-10-6-5-9-15(16)24(29(2,26)27)12-17(25)23-22-11-13-7-3-4-8-14(13)18(19,20)21/h3-11H,12H2,1-2H3,(H,23,25)/b22-11-. The highest BCUT2D eigenvalue weighted by atomic mass is 32.2. The molecule has 0 atom stereocenters. The van der Waals surface area contributed by atoms with Crippen LogP contribution >= 0.6 is 0 Å². The molecule has 156 valence electrons. The Morgan fingerprint density at radius 1 is 1.17 bits per heavy atom. The maximum atomic E-state index is 13.0. The van der Waals surface area contributed by atoms with Gasteiger partial charge in [-0.3, -0.25) is 9.10 Å². The number of hydrogen-bond donors (Lipinski definition) is 1. The number of sulfonamides is 1. The summed E-state index contributed by atoms with van der Waals surface area (Å²) in [5.41, 5.74) is 1.02. The zero-order valence-corrected chi connectivity index (χ0v) is 16.3. The number of amides is 1. The molecule has 2 aromatic rings. The lowest BCUT2D eigenvalue weighted by Crippen LogP contribution is -2.39. The van der Waals surface area contributed by atoms with E-state index in [-0.39, 0.29) is 17.0 Å². The summed E-state index contributed by atoms with van der Waals surface area (Å²) in [6.45, 7) is -0.641. The molecule has 0 unspecified atom stereocenters. The van der Waals surface area contributed by atoms with Crippen molar-refractivity contribution in [3.05, 3.63) is 59.7 Å². The molecular formula is C18H18F3N3O4S. The van der Waals surface area contributed by atoms with Crippen LogP contribution < -0.4 is 14.5 Å². The molecule has 1 amide bonds. The third-order valence-electron chi connectivity index (χ3n) is 3.70. The minimum absolute atomic E-state index is 0.138. The van der Waals surface area contributed by atoms with Crippen LogP contribution in [-0.4, -0.2) is 40.4 Å². The average molecular weight is 429 g/mol. The normalized spacial score (nSPS) is 12.0. The molecule has 0 saturated heterocycles. The molecule has 2 aromatic carbocycles. The van der Waals surface area contributed by atoms with Gasteiger partial charge in [0.1, 0.15) is 12.3 Å². The third-order valence-corrected chi connectivity index (χ3v) is 4.83.